The van der Waals surface area contributed by atoms with E-state index in [1.165, 1.54) is 12.8 Å². The molecule has 2 N–H and O–H groups in total. The van der Waals surface area contributed by atoms with E-state index in [4.69, 9.17) is 4.74 Å². The summed E-state index contributed by atoms with van der Waals surface area (Å²) < 4.78 is 5.46. The van der Waals surface area contributed by atoms with Crippen LogP contribution in [0.1, 0.15) is 44.9 Å². The highest BCUT2D eigenvalue weighted by atomic mass is 16.5. The zero-order valence-electron chi connectivity index (χ0n) is 11.1. The summed E-state index contributed by atoms with van der Waals surface area (Å²) >= 11 is 0. The molecule has 0 aromatic heterocycles. The summed E-state index contributed by atoms with van der Waals surface area (Å²) in [6.45, 7) is 1.77. The highest BCUT2D eigenvalue weighted by molar-refractivity contribution is 5.76. The second kappa shape index (κ2) is 7.10. The monoisotopic (exact) mass is 255 g/mol. The van der Waals surface area contributed by atoms with Gasteiger partial charge in [-0.2, -0.15) is 0 Å². The van der Waals surface area contributed by atoms with E-state index < -0.39 is 0 Å². The third-order valence-electron chi connectivity index (χ3n) is 4.30. The zero-order valence-corrected chi connectivity index (χ0v) is 11.1. The van der Waals surface area contributed by atoms with Gasteiger partial charge >= 0.3 is 0 Å². The SMILES string of the molecule is O=C(CC1CCCO1)NCC1CCCCC1CO. The Labute approximate surface area is 109 Å². The lowest BCUT2D eigenvalue weighted by Gasteiger charge is -2.30. The van der Waals surface area contributed by atoms with Crippen LogP contribution in [0.15, 0.2) is 0 Å². The van der Waals surface area contributed by atoms with Crippen molar-refractivity contribution in [1.29, 1.82) is 0 Å². The van der Waals surface area contributed by atoms with Gasteiger partial charge in [0.25, 0.3) is 0 Å². The number of ether oxygens (including phenoxy) is 1. The Kier molecular flexibility index (Phi) is 5.45. The minimum Gasteiger partial charge on any atom is -0.396 e. The molecule has 0 aromatic rings. The van der Waals surface area contributed by atoms with Gasteiger partial charge in [-0.05, 0) is 37.5 Å². The molecule has 1 aliphatic heterocycles. The van der Waals surface area contributed by atoms with E-state index in [9.17, 15) is 9.90 Å². The maximum atomic E-state index is 11.8. The Morgan fingerprint density at radius 1 is 1.17 bits per heavy atom. The number of rotatable bonds is 5. The molecule has 2 fully saturated rings. The van der Waals surface area contributed by atoms with E-state index in [2.05, 4.69) is 5.32 Å². The van der Waals surface area contributed by atoms with Gasteiger partial charge < -0.3 is 15.2 Å². The Bertz CT molecular complexity index is 264. The van der Waals surface area contributed by atoms with Crippen LogP contribution in [0.3, 0.4) is 0 Å². The summed E-state index contributed by atoms with van der Waals surface area (Å²) in [6, 6.07) is 0. The van der Waals surface area contributed by atoms with Crippen LogP contribution in [-0.2, 0) is 9.53 Å². The number of carbonyl (C=O) groups excluding carboxylic acids is 1. The van der Waals surface area contributed by atoms with E-state index in [0.29, 0.717) is 18.3 Å². The average molecular weight is 255 g/mol. The molecule has 1 aliphatic carbocycles. The van der Waals surface area contributed by atoms with Crippen molar-refractivity contribution in [2.45, 2.75) is 51.0 Å². The van der Waals surface area contributed by atoms with Crippen LogP contribution in [0.2, 0.25) is 0 Å². The van der Waals surface area contributed by atoms with Crippen LogP contribution in [0.5, 0.6) is 0 Å². The Balaban J connectivity index is 1.67. The second-order valence-corrected chi connectivity index (χ2v) is 5.63. The van der Waals surface area contributed by atoms with Crippen molar-refractivity contribution >= 4 is 5.91 Å². The lowest BCUT2D eigenvalue weighted by molar-refractivity contribution is -0.123. The standard InChI is InChI=1S/C14H25NO3/c16-10-12-5-2-1-4-11(12)9-15-14(17)8-13-6-3-7-18-13/h11-13,16H,1-10H2,(H,15,17). The molecule has 1 amide bonds. The molecule has 104 valence electrons. The lowest BCUT2D eigenvalue weighted by Crippen LogP contribution is -2.36. The van der Waals surface area contributed by atoms with E-state index in [1.807, 2.05) is 0 Å². The summed E-state index contributed by atoms with van der Waals surface area (Å²) in [5, 5.41) is 12.3. The Morgan fingerprint density at radius 2 is 1.94 bits per heavy atom. The summed E-state index contributed by atoms with van der Waals surface area (Å²) in [5.41, 5.74) is 0. The molecule has 2 rings (SSSR count). The van der Waals surface area contributed by atoms with Gasteiger partial charge in [-0.1, -0.05) is 12.8 Å². The third-order valence-corrected chi connectivity index (χ3v) is 4.30. The van der Waals surface area contributed by atoms with Crippen molar-refractivity contribution in [2.24, 2.45) is 11.8 Å². The lowest BCUT2D eigenvalue weighted by atomic mass is 9.79. The number of carbonyl (C=O) groups is 1. The highest BCUT2D eigenvalue weighted by Crippen LogP contribution is 2.29. The van der Waals surface area contributed by atoms with Gasteiger partial charge in [0.2, 0.25) is 5.91 Å². The van der Waals surface area contributed by atoms with Gasteiger partial charge in [-0.25, -0.2) is 0 Å². The third kappa shape index (κ3) is 3.95. The van der Waals surface area contributed by atoms with E-state index in [-0.39, 0.29) is 18.6 Å². The van der Waals surface area contributed by atoms with Gasteiger partial charge in [0.1, 0.15) is 0 Å². The average Bonchev–Trinajstić information content (AvgIpc) is 2.89. The highest BCUT2D eigenvalue weighted by Gasteiger charge is 2.25. The minimum atomic E-state index is 0.101. The molecule has 1 heterocycles. The number of aliphatic hydroxyl groups is 1. The van der Waals surface area contributed by atoms with Gasteiger partial charge in [0.15, 0.2) is 0 Å². The largest absolute Gasteiger partial charge is 0.396 e. The number of hydrogen-bond acceptors (Lipinski definition) is 3. The van der Waals surface area contributed by atoms with Crippen LogP contribution < -0.4 is 5.32 Å². The molecule has 3 unspecified atom stereocenters. The van der Waals surface area contributed by atoms with Crippen LogP contribution in [0.25, 0.3) is 0 Å². The molecular formula is C14H25NO3. The minimum absolute atomic E-state index is 0.101. The first-order valence-electron chi connectivity index (χ1n) is 7.28. The van der Waals surface area contributed by atoms with Crippen LogP contribution in [0.4, 0.5) is 0 Å². The summed E-state index contributed by atoms with van der Waals surface area (Å²) in [7, 11) is 0. The first-order chi connectivity index (χ1) is 8.79. The Morgan fingerprint density at radius 3 is 2.61 bits per heavy atom. The summed E-state index contributed by atoms with van der Waals surface area (Å²) in [4.78, 5) is 11.8. The van der Waals surface area contributed by atoms with Gasteiger partial charge in [-0.15, -0.1) is 0 Å². The Hall–Kier alpha value is -0.610. The number of amides is 1. The topological polar surface area (TPSA) is 58.6 Å². The van der Waals surface area contributed by atoms with Crippen molar-refractivity contribution in [3.63, 3.8) is 0 Å². The maximum Gasteiger partial charge on any atom is 0.222 e. The fourth-order valence-electron chi connectivity index (χ4n) is 3.12. The van der Waals surface area contributed by atoms with Crippen LogP contribution in [0, 0.1) is 11.8 Å². The summed E-state index contributed by atoms with van der Waals surface area (Å²) in [5.74, 6) is 0.933. The van der Waals surface area contributed by atoms with Crippen molar-refractivity contribution < 1.29 is 14.6 Å². The first kappa shape index (κ1) is 13.8. The van der Waals surface area contributed by atoms with Gasteiger partial charge in [-0.3, -0.25) is 4.79 Å². The van der Waals surface area contributed by atoms with E-state index in [0.717, 1.165) is 38.8 Å². The number of aliphatic hydroxyl groups excluding tert-OH is 1. The van der Waals surface area contributed by atoms with Crippen molar-refractivity contribution in [2.75, 3.05) is 19.8 Å². The predicted octanol–water partition coefficient (Wildman–Crippen LogP) is 1.47. The molecular weight excluding hydrogens is 230 g/mol. The molecule has 2 aliphatic rings. The normalized spacial score (nSPS) is 32.4. The number of nitrogens with one attached hydrogen (secondary N) is 1. The van der Waals surface area contributed by atoms with E-state index in [1.54, 1.807) is 0 Å². The van der Waals surface area contributed by atoms with E-state index >= 15 is 0 Å². The molecule has 3 atom stereocenters. The van der Waals surface area contributed by atoms with Crippen molar-refractivity contribution in [3.8, 4) is 0 Å². The molecule has 1 saturated heterocycles. The molecule has 4 heteroatoms. The molecule has 0 spiro atoms. The van der Waals surface area contributed by atoms with Crippen LogP contribution >= 0.6 is 0 Å². The van der Waals surface area contributed by atoms with Crippen molar-refractivity contribution in [1.82, 2.24) is 5.32 Å². The maximum absolute atomic E-state index is 11.8. The quantitative estimate of drug-likeness (QED) is 0.782. The molecule has 0 radical (unpaired) electrons. The first-order valence-corrected chi connectivity index (χ1v) is 7.28. The second-order valence-electron chi connectivity index (χ2n) is 5.63. The molecule has 1 saturated carbocycles. The molecule has 0 aromatic carbocycles. The number of hydrogen-bond donors (Lipinski definition) is 2. The molecule has 18 heavy (non-hydrogen) atoms. The zero-order chi connectivity index (χ0) is 12.8. The fourth-order valence-corrected chi connectivity index (χ4v) is 3.12. The van der Waals surface area contributed by atoms with Crippen LogP contribution in [-0.4, -0.2) is 36.9 Å². The molecule has 0 bridgehead atoms. The molecule has 4 nitrogen and oxygen atoms in total. The van der Waals surface area contributed by atoms with Gasteiger partial charge in [0, 0.05) is 19.8 Å². The van der Waals surface area contributed by atoms with Gasteiger partial charge in [0.05, 0.1) is 12.5 Å². The fraction of sp³-hybridized carbons (Fsp3) is 0.929. The summed E-state index contributed by atoms with van der Waals surface area (Å²) in [6.07, 6.45) is 7.38. The predicted molar refractivity (Wildman–Crippen MR) is 69.1 cm³/mol. The van der Waals surface area contributed by atoms with Crippen molar-refractivity contribution in [3.05, 3.63) is 0 Å². The smallest absolute Gasteiger partial charge is 0.222 e.